The molecule has 0 aliphatic heterocycles. The molecule has 0 bridgehead atoms. The summed E-state index contributed by atoms with van der Waals surface area (Å²) in [5, 5.41) is 12.1. The van der Waals surface area contributed by atoms with Crippen molar-refractivity contribution in [2.24, 2.45) is 0 Å². The first-order valence-corrected chi connectivity index (χ1v) is 5.68. The van der Waals surface area contributed by atoms with Crippen LogP contribution in [0.4, 0.5) is 5.69 Å². The Morgan fingerprint density at radius 1 is 1.41 bits per heavy atom. The molecule has 0 radical (unpaired) electrons. The highest BCUT2D eigenvalue weighted by Crippen LogP contribution is 2.31. The number of nitrogens with one attached hydrogen (secondary N) is 1. The monoisotopic (exact) mass is 297 g/mol. The molecule has 94 valence electrons. The molecule has 1 rings (SSSR count). The normalized spacial score (nSPS) is 13.0. The maximum Gasteiger partial charge on any atom is 0.339 e. The lowest BCUT2D eigenvalue weighted by Crippen LogP contribution is -2.33. The summed E-state index contributed by atoms with van der Waals surface area (Å²) in [4.78, 5) is 11.4. The minimum atomic E-state index is -1.90. The van der Waals surface area contributed by atoms with Gasteiger partial charge < -0.3 is 15.2 Å². The summed E-state index contributed by atoms with van der Waals surface area (Å²) in [5.41, 5.74) is 0.557. The van der Waals surface area contributed by atoms with Crippen LogP contribution < -0.4 is 5.32 Å². The first-order valence-electron chi connectivity index (χ1n) is 4.55. The van der Waals surface area contributed by atoms with Crippen LogP contribution in [-0.2, 0) is 4.74 Å². The van der Waals surface area contributed by atoms with Gasteiger partial charge in [0, 0.05) is 0 Å². The molecule has 1 aromatic carbocycles. The summed E-state index contributed by atoms with van der Waals surface area (Å²) in [6.45, 7) is 0. The minimum Gasteiger partial charge on any atom is -0.465 e. The van der Waals surface area contributed by atoms with Gasteiger partial charge in [0.2, 0.25) is 3.79 Å². The van der Waals surface area contributed by atoms with Crippen LogP contribution in [0.3, 0.4) is 0 Å². The van der Waals surface area contributed by atoms with E-state index in [0.717, 1.165) is 0 Å². The molecule has 0 aromatic heterocycles. The number of para-hydroxylation sites is 1. The van der Waals surface area contributed by atoms with E-state index in [-0.39, 0.29) is 5.56 Å². The Morgan fingerprint density at radius 3 is 2.53 bits per heavy atom. The predicted molar refractivity (Wildman–Crippen MR) is 67.7 cm³/mol. The smallest absolute Gasteiger partial charge is 0.339 e. The molecule has 17 heavy (non-hydrogen) atoms. The van der Waals surface area contributed by atoms with E-state index < -0.39 is 16.0 Å². The third-order valence-corrected chi connectivity index (χ3v) is 2.55. The summed E-state index contributed by atoms with van der Waals surface area (Å²) in [6, 6.07) is 6.41. The maximum absolute atomic E-state index is 11.4. The Morgan fingerprint density at radius 2 is 2.00 bits per heavy atom. The van der Waals surface area contributed by atoms with Crippen molar-refractivity contribution in [3.8, 4) is 0 Å². The topological polar surface area (TPSA) is 58.6 Å². The number of benzene rings is 1. The first kappa shape index (κ1) is 14.4. The van der Waals surface area contributed by atoms with Crippen molar-refractivity contribution in [2.45, 2.75) is 10.0 Å². The van der Waals surface area contributed by atoms with Crippen LogP contribution in [0.15, 0.2) is 24.3 Å². The highest BCUT2D eigenvalue weighted by molar-refractivity contribution is 6.68. The molecule has 0 aliphatic rings. The summed E-state index contributed by atoms with van der Waals surface area (Å²) in [7, 11) is 1.25. The molecule has 0 amide bonds. The van der Waals surface area contributed by atoms with Gasteiger partial charge in [-0.25, -0.2) is 4.79 Å². The number of esters is 1. The summed E-state index contributed by atoms with van der Waals surface area (Å²) in [5.74, 6) is -0.551. The third-order valence-electron chi connectivity index (χ3n) is 1.93. The number of halogens is 3. The van der Waals surface area contributed by atoms with E-state index in [4.69, 9.17) is 34.8 Å². The second-order valence-corrected chi connectivity index (χ2v) is 5.49. The van der Waals surface area contributed by atoms with Crippen LogP contribution in [0.1, 0.15) is 10.4 Å². The molecule has 0 heterocycles. The molecule has 0 saturated heterocycles. The number of aliphatic hydroxyl groups is 1. The summed E-state index contributed by atoms with van der Waals surface area (Å²) in [6.07, 6.45) is -1.45. The van der Waals surface area contributed by atoms with E-state index >= 15 is 0 Å². The zero-order chi connectivity index (χ0) is 13.1. The van der Waals surface area contributed by atoms with Crippen LogP contribution >= 0.6 is 34.8 Å². The fraction of sp³-hybridized carbons (Fsp3) is 0.300. The van der Waals surface area contributed by atoms with Gasteiger partial charge in [-0.2, -0.15) is 0 Å². The molecule has 0 aliphatic carbocycles. The van der Waals surface area contributed by atoms with Gasteiger partial charge >= 0.3 is 5.97 Å². The number of rotatable bonds is 3. The minimum absolute atomic E-state index is 0.239. The van der Waals surface area contributed by atoms with Crippen molar-refractivity contribution in [3.63, 3.8) is 0 Å². The fourth-order valence-electron chi connectivity index (χ4n) is 1.13. The number of carbonyl (C=O) groups is 1. The number of hydrogen-bond donors (Lipinski definition) is 2. The van der Waals surface area contributed by atoms with Gasteiger partial charge in [-0.15, -0.1) is 0 Å². The van der Waals surface area contributed by atoms with Crippen molar-refractivity contribution < 1.29 is 14.6 Å². The lowest BCUT2D eigenvalue weighted by atomic mass is 10.2. The number of aliphatic hydroxyl groups excluding tert-OH is 1. The molecule has 1 atom stereocenters. The van der Waals surface area contributed by atoms with Crippen LogP contribution in [0, 0.1) is 0 Å². The molecule has 1 aromatic rings. The second kappa shape index (κ2) is 5.78. The zero-order valence-electron chi connectivity index (χ0n) is 8.78. The zero-order valence-corrected chi connectivity index (χ0v) is 11.1. The van der Waals surface area contributed by atoms with Gasteiger partial charge in [0.05, 0.1) is 18.4 Å². The van der Waals surface area contributed by atoms with E-state index in [9.17, 15) is 9.90 Å². The van der Waals surface area contributed by atoms with Gasteiger partial charge in [0.1, 0.15) is 0 Å². The molecular weight excluding hydrogens is 288 g/mol. The molecular formula is C10H10Cl3NO3. The second-order valence-electron chi connectivity index (χ2n) is 3.13. The predicted octanol–water partition coefficient (Wildman–Crippen LogP) is 2.57. The quantitative estimate of drug-likeness (QED) is 0.511. The molecule has 2 N–H and O–H groups in total. The molecule has 7 heteroatoms. The van der Waals surface area contributed by atoms with Crippen LogP contribution in [0.2, 0.25) is 0 Å². The average molecular weight is 299 g/mol. The Hall–Kier alpha value is -0.680. The molecule has 0 spiro atoms. The Kier molecular flexibility index (Phi) is 4.89. The largest absolute Gasteiger partial charge is 0.465 e. The van der Waals surface area contributed by atoms with Crippen LogP contribution in [0.5, 0.6) is 0 Å². The van der Waals surface area contributed by atoms with Crippen molar-refractivity contribution in [3.05, 3.63) is 29.8 Å². The number of carbonyl (C=O) groups excluding carboxylic acids is 1. The molecule has 4 nitrogen and oxygen atoms in total. The number of anilines is 1. The number of ether oxygens (including phenoxy) is 1. The molecule has 0 saturated carbocycles. The van der Waals surface area contributed by atoms with Gasteiger partial charge in [0.15, 0.2) is 6.23 Å². The highest BCUT2D eigenvalue weighted by Gasteiger charge is 2.31. The number of methoxy groups -OCH3 is 1. The maximum atomic E-state index is 11.4. The summed E-state index contributed by atoms with van der Waals surface area (Å²) >= 11 is 16.5. The van der Waals surface area contributed by atoms with Gasteiger partial charge in [-0.05, 0) is 12.1 Å². The van der Waals surface area contributed by atoms with Crippen molar-refractivity contribution in [2.75, 3.05) is 12.4 Å². The van der Waals surface area contributed by atoms with E-state index in [2.05, 4.69) is 10.1 Å². The van der Waals surface area contributed by atoms with Gasteiger partial charge in [-0.1, -0.05) is 46.9 Å². The number of hydrogen-bond acceptors (Lipinski definition) is 4. The number of alkyl halides is 3. The lowest BCUT2D eigenvalue weighted by molar-refractivity contribution is 0.0601. The average Bonchev–Trinajstić information content (AvgIpc) is 2.27. The molecule has 0 fully saturated rings. The third kappa shape index (κ3) is 3.92. The fourth-order valence-corrected chi connectivity index (χ4v) is 1.29. The first-order chi connectivity index (χ1) is 7.86. The standard InChI is InChI=1S/C10H10Cl3NO3/c1-17-8(15)6-4-2-3-5-7(6)14-9(16)10(11,12)13/h2-5,9,14,16H,1H3. The van der Waals surface area contributed by atoms with E-state index in [1.165, 1.54) is 13.2 Å². The van der Waals surface area contributed by atoms with Crippen molar-refractivity contribution >= 4 is 46.5 Å². The van der Waals surface area contributed by atoms with Crippen LogP contribution in [-0.4, -0.2) is 28.2 Å². The molecule has 1 unspecified atom stereocenters. The van der Waals surface area contributed by atoms with Gasteiger partial charge in [0.25, 0.3) is 0 Å². The summed E-state index contributed by atoms with van der Waals surface area (Å²) < 4.78 is 2.69. The Labute approximate surface area is 113 Å². The Balaban J connectivity index is 2.95. The Bertz CT molecular complexity index is 406. The van der Waals surface area contributed by atoms with Crippen molar-refractivity contribution in [1.29, 1.82) is 0 Å². The highest BCUT2D eigenvalue weighted by atomic mass is 35.6. The van der Waals surface area contributed by atoms with E-state index in [1.807, 2.05) is 0 Å². The van der Waals surface area contributed by atoms with Crippen LogP contribution in [0.25, 0.3) is 0 Å². The lowest BCUT2D eigenvalue weighted by Gasteiger charge is -2.22. The van der Waals surface area contributed by atoms with E-state index in [1.54, 1.807) is 18.2 Å². The van der Waals surface area contributed by atoms with Crippen molar-refractivity contribution in [1.82, 2.24) is 0 Å². The SMILES string of the molecule is COC(=O)c1ccccc1NC(O)C(Cl)(Cl)Cl. The van der Waals surface area contributed by atoms with Gasteiger partial charge in [-0.3, -0.25) is 0 Å². The van der Waals surface area contributed by atoms with E-state index in [0.29, 0.717) is 5.69 Å².